The van der Waals surface area contributed by atoms with Crippen LogP contribution in [-0.2, 0) is 5.41 Å². The number of methoxy groups -OCH3 is 1. The van der Waals surface area contributed by atoms with E-state index in [1.54, 1.807) is 13.3 Å². The summed E-state index contributed by atoms with van der Waals surface area (Å²) in [5.74, 6) is 0.815. The van der Waals surface area contributed by atoms with Crippen LogP contribution in [0.1, 0.15) is 46.7 Å². The maximum Gasteiger partial charge on any atom is 0.137 e. The Bertz CT molecular complexity index is 264. The molecule has 0 spiro atoms. The molecule has 0 saturated carbocycles. The SMILES string of the molecule is CC.CCC(C)(C)c1ccc(OC)cn1. The van der Waals surface area contributed by atoms with E-state index in [1.165, 1.54) is 0 Å². The molecule has 1 aromatic rings. The summed E-state index contributed by atoms with van der Waals surface area (Å²) in [5, 5.41) is 0. The van der Waals surface area contributed by atoms with Gasteiger partial charge in [0.1, 0.15) is 5.75 Å². The zero-order valence-electron chi connectivity index (χ0n) is 10.8. The molecule has 0 fully saturated rings. The largest absolute Gasteiger partial charge is 0.495 e. The maximum atomic E-state index is 5.05. The third kappa shape index (κ3) is 3.90. The van der Waals surface area contributed by atoms with Crippen LogP contribution in [0, 0.1) is 0 Å². The summed E-state index contributed by atoms with van der Waals surface area (Å²) in [6, 6.07) is 3.99. The molecule has 1 rings (SSSR count). The van der Waals surface area contributed by atoms with Crippen LogP contribution < -0.4 is 4.74 Å². The van der Waals surface area contributed by atoms with Gasteiger partial charge in [-0.2, -0.15) is 0 Å². The van der Waals surface area contributed by atoms with Gasteiger partial charge in [-0.05, 0) is 18.6 Å². The summed E-state index contributed by atoms with van der Waals surface area (Å²) in [5.41, 5.74) is 1.28. The molecule has 0 N–H and O–H groups in total. The number of hydrogen-bond donors (Lipinski definition) is 0. The Morgan fingerprint density at radius 2 is 1.87 bits per heavy atom. The van der Waals surface area contributed by atoms with Gasteiger partial charge in [-0.3, -0.25) is 4.98 Å². The summed E-state index contributed by atoms with van der Waals surface area (Å²) in [4.78, 5) is 4.37. The van der Waals surface area contributed by atoms with E-state index in [-0.39, 0.29) is 5.41 Å². The molecule has 0 amide bonds. The highest BCUT2D eigenvalue weighted by Crippen LogP contribution is 2.25. The van der Waals surface area contributed by atoms with Crippen molar-refractivity contribution in [2.75, 3.05) is 7.11 Å². The van der Waals surface area contributed by atoms with E-state index in [0.29, 0.717) is 0 Å². The first-order chi connectivity index (χ1) is 7.10. The monoisotopic (exact) mass is 209 g/mol. The van der Waals surface area contributed by atoms with E-state index in [9.17, 15) is 0 Å². The third-order valence-corrected chi connectivity index (χ3v) is 2.55. The van der Waals surface area contributed by atoms with Gasteiger partial charge in [-0.1, -0.05) is 34.6 Å². The first kappa shape index (κ1) is 13.9. The van der Waals surface area contributed by atoms with Crippen molar-refractivity contribution in [2.24, 2.45) is 0 Å². The summed E-state index contributed by atoms with van der Waals surface area (Å²) >= 11 is 0. The van der Waals surface area contributed by atoms with Crippen LogP contribution in [0.15, 0.2) is 18.3 Å². The number of nitrogens with zero attached hydrogens (tertiary/aromatic N) is 1. The Morgan fingerprint density at radius 3 is 2.20 bits per heavy atom. The molecule has 0 unspecified atom stereocenters. The lowest BCUT2D eigenvalue weighted by atomic mass is 9.86. The number of ether oxygens (including phenoxy) is 1. The first-order valence-electron chi connectivity index (χ1n) is 5.60. The second kappa shape index (κ2) is 6.44. The molecule has 0 aliphatic carbocycles. The molecule has 0 saturated heterocycles. The highest BCUT2D eigenvalue weighted by Gasteiger charge is 2.19. The van der Waals surface area contributed by atoms with Gasteiger partial charge in [-0.25, -0.2) is 0 Å². The van der Waals surface area contributed by atoms with Crippen LogP contribution >= 0.6 is 0 Å². The fraction of sp³-hybridized carbons (Fsp3) is 0.615. The smallest absolute Gasteiger partial charge is 0.137 e. The van der Waals surface area contributed by atoms with Gasteiger partial charge in [0, 0.05) is 11.1 Å². The van der Waals surface area contributed by atoms with E-state index in [1.807, 2.05) is 26.0 Å². The fourth-order valence-corrected chi connectivity index (χ4v) is 1.08. The Balaban J connectivity index is 0.000000921. The normalized spacial score (nSPS) is 10.3. The van der Waals surface area contributed by atoms with Crippen LogP contribution in [0.4, 0.5) is 0 Å². The molecule has 0 aliphatic heterocycles. The van der Waals surface area contributed by atoms with Gasteiger partial charge >= 0.3 is 0 Å². The number of hydrogen-bond acceptors (Lipinski definition) is 2. The molecule has 2 heteroatoms. The van der Waals surface area contributed by atoms with Crippen LogP contribution in [0.2, 0.25) is 0 Å². The van der Waals surface area contributed by atoms with Crippen LogP contribution in [0.5, 0.6) is 5.75 Å². The van der Waals surface area contributed by atoms with E-state index in [4.69, 9.17) is 4.74 Å². The van der Waals surface area contributed by atoms with Crippen molar-refractivity contribution in [3.63, 3.8) is 0 Å². The molecule has 0 aliphatic rings. The maximum absolute atomic E-state index is 5.05. The molecule has 2 nitrogen and oxygen atoms in total. The van der Waals surface area contributed by atoms with Crippen LogP contribution in [0.25, 0.3) is 0 Å². The second-order valence-electron chi connectivity index (χ2n) is 3.82. The molecule has 0 radical (unpaired) electrons. The van der Waals surface area contributed by atoms with Gasteiger partial charge in [0.15, 0.2) is 0 Å². The van der Waals surface area contributed by atoms with Crippen molar-refractivity contribution in [1.82, 2.24) is 4.98 Å². The van der Waals surface area contributed by atoms with Crippen LogP contribution in [-0.4, -0.2) is 12.1 Å². The van der Waals surface area contributed by atoms with Crippen LogP contribution in [0.3, 0.4) is 0 Å². The van der Waals surface area contributed by atoms with E-state index < -0.39 is 0 Å². The number of aromatic nitrogens is 1. The fourth-order valence-electron chi connectivity index (χ4n) is 1.08. The summed E-state index contributed by atoms with van der Waals surface area (Å²) in [6.07, 6.45) is 2.86. The lowest BCUT2D eigenvalue weighted by Crippen LogP contribution is -2.16. The van der Waals surface area contributed by atoms with Gasteiger partial charge in [0.05, 0.1) is 13.3 Å². The molecule has 0 atom stereocenters. The van der Waals surface area contributed by atoms with Gasteiger partial charge in [0.25, 0.3) is 0 Å². The third-order valence-electron chi connectivity index (χ3n) is 2.55. The van der Waals surface area contributed by atoms with Crippen molar-refractivity contribution in [3.8, 4) is 5.75 Å². The predicted molar refractivity (Wildman–Crippen MR) is 65.5 cm³/mol. The lowest BCUT2D eigenvalue weighted by molar-refractivity contribution is 0.410. The Hall–Kier alpha value is -1.05. The Labute approximate surface area is 93.7 Å². The van der Waals surface area contributed by atoms with Crippen molar-refractivity contribution in [3.05, 3.63) is 24.0 Å². The van der Waals surface area contributed by atoms with Gasteiger partial charge in [0.2, 0.25) is 0 Å². The van der Waals surface area contributed by atoms with Crippen molar-refractivity contribution >= 4 is 0 Å². The quantitative estimate of drug-likeness (QED) is 0.755. The standard InChI is InChI=1S/C11H17NO.C2H6/c1-5-11(2,3)10-7-6-9(13-4)8-12-10;1-2/h6-8H,5H2,1-4H3;1-2H3. The summed E-state index contributed by atoms with van der Waals surface area (Å²) in [7, 11) is 1.65. The number of rotatable bonds is 3. The zero-order chi connectivity index (χ0) is 11.9. The molecule has 0 aromatic carbocycles. The minimum absolute atomic E-state index is 0.159. The molecule has 1 aromatic heterocycles. The Kier molecular flexibility index (Phi) is 5.99. The molecular weight excluding hydrogens is 186 g/mol. The van der Waals surface area contributed by atoms with E-state index in [0.717, 1.165) is 17.9 Å². The second-order valence-corrected chi connectivity index (χ2v) is 3.82. The first-order valence-corrected chi connectivity index (χ1v) is 5.60. The van der Waals surface area contributed by atoms with Gasteiger partial charge in [-0.15, -0.1) is 0 Å². The van der Waals surface area contributed by atoms with E-state index >= 15 is 0 Å². The molecule has 1 heterocycles. The van der Waals surface area contributed by atoms with Gasteiger partial charge < -0.3 is 4.74 Å². The summed E-state index contributed by atoms with van der Waals surface area (Å²) in [6.45, 7) is 10.6. The predicted octanol–water partition coefficient (Wildman–Crippen LogP) is 3.80. The van der Waals surface area contributed by atoms with Crippen molar-refractivity contribution in [1.29, 1.82) is 0 Å². The minimum Gasteiger partial charge on any atom is -0.495 e. The summed E-state index contributed by atoms with van der Waals surface area (Å²) < 4.78 is 5.05. The highest BCUT2D eigenvalue weighted by atomic mass is 16.5. The Morgan fingerprint density at radius 1 is 1.27 bits per heavy atom. The van der Waals surface area contributed by atoms with E-state index in [2.05, 4.69) is 25.8 Å². The minimum atomic E-state index is 0.159. The van der Waals surface area contributed by atoms with Crippen molar-refractivity contribution in [2.45, 2.75) is 46.5 Å². The molecule has 0 bridgehead atoms. The molecule has 15 heavy (non-hydrogen) atoms. The lowest BCUT2D eigenvalue weighted by Gasteiger charge is -2.21. The zero-order valence-corrected chi connectivity index (χ0v) is 10.8. The average molecular weight is 209 g/mol. The molecule has 86 valence electrons. The topological polar surface area (TPSA) is 22.1 Å². The number of pyridine rings is 1. The molecular formula is C13H23NO. The average Bonchev–Trinajstić information content (AvgIpc) is 2.32. The van der Waals surface area contributed by atoms with Crippen molar-refractivity contribution < 1.29 is 4.74 Å². The highest BCUT2D eigenvalue weighted by molar-refractivity contribution is 5.23.